The van der Waals surface area contributed by atoms with Crippen molar-refractivity contribution in [3.05, 3.63) is 77.6 Å². The fraction of sp³-hybridized carbons (Fsp3) is 0.333. The van der Waals surface area contributed by atoms with E-state index in [9.17, 15) is 4.79 Å². The van der Waals surface area contributed by atoms with Crippen molar-refractivity contribution in [1.29, 1.82) is 0 Å². The number of carbonyl (C=O) groups excluding carboxylic acids is 1. The average Bonchev–Trinajstić information content (AvgIpc) is 3.22. The Hall–Kier alpha value is -2.96. The van der Waals surface area contributed by atoms with E-state index in [4.69, 9.17) is 0 Å². The molecule has 156 valence electrons. The van der Waals surface area contributed by atoms with Crippen LogP contribution in [0.4, 0.5) is 5.69 Å². The van der Waals surface area contributed by atoms with Crippen molar-refractivity contribution in [3.8, 4) is 5.69 Å². The molecular formula is C24H29N5O. The highest BCUT2D eigenvalue weighted by molar-refractivity contribution is 5.93. The van der Waals surface area contributed by atoms with Crippen LogP contribution in [0.1, 0.15) is 16.7 Å². The Balaban J connectivity index is 1.25. The third-order valence-corrected chi connectivity index (χ3v) is 5.77. The van der Waals surface area contributed by atoms with E-state index in [1.165, 1.54) is 11.1 Å². The fourth-order valence-corrected chi connectivity index (χ4v) is 3.81. The lowest BCUT2D eigenvalue weighted by Crippen LogP contribution is -2.48. The molecule has 1 aliphatic heterocycles. The van der Waals surface area contributed by atoms with Gasteiger partial charge in [0.1, 0.15) is 0 Å². The standard InChI is InChI=1S/C24H29N5O/c1-19-7-6-10-23(20(19)2)26-24(30)18-28-13-11-27(12-14-28)16-21-15-25-29(17-21)22-8-4-3-5-9-22/h3-10,15,17H,11-14,16,18H2,1-2H3,(H,26,30). The van der Waals surface area contributed by atoms with Crippen LogP contribution >= 0.6 is 0 Å². The zero-order chi connectivity index (χ0) is 20.9. The average molecular weight is 404 g/mol. The Labute approximate surface area is 178 Å². The van der Waals surface area contributed by atoms with Crippen molar-refractivity contribution in [1.82, 2.24) is 19.6 Å². The molecule has 6 nitrogen and oxygen atoms in total. The fourth-order valence-electron chi connectivity index (χ4n) is 3.81. The van der Waals surface area contributed by atoms with Gasteiger partial charge in [-0.1, -0.05) is 30.3 Å². The summed E-state index contributed by atoms with van der Waals surface area (Å²) in [4.78, 5) is 17.1. The predicted octanol–water partition coefficient (Wildman–Crippen LogP) is 3.25. The van der Waals surface area contributed by atoms with Crippen LogP contribution in [-0.2, 0) is 11.3 Å². The summed E-state index contributed by atoms with van der Waals surface area (Å²) in [6, 6.07) is 16.2. The minimum absolute atomic E-state index is 0.0567. The summed E-state index contributed by atoms with van der Waals surface area (Å²) >= 11 is 0. The van der Waals surface area contributed by atoms with Crippen molar-refractivity contribution in [2.75, 3.05) is 38.0 Å². The summed E-state index contributed by atoms with van der Waals surface area (Å²) in [5.74, 6) is 0.0567. The molecule has 1 saturated heterocycles. The minimum atomic E-state index is 0.0567. The highest BCUT2D eigenvalue weighted by Gasteiger charge is 2.20. The third kappa shape index (κ3) is 4.96. The molecule has 0 aliphatic carbocycles. The molecule has 0 atom stereocenters. The molecule has 2 aromatic carbocycles. The van der Waals surface area contributed by atoms with Gasteiger partial charge in [0.2, 0.25) is 5.91 Å². The van der Waals surface area contributed by atoms with Crippen LogP contribution in [0.5, 0.6) is 0 Å². The Bertz CT molecular complexity index is 990. The number of piperazine rings is 1. The van der Waals surface area contributed by atoms with Crippen LogP contribution in [0.2, 0.25) is 0 Å². The lowest BCUT2D eigenvalue weighted by Gasteiger charge is -2.34. The lowest BCUT2D eigenvalue weighted by atomic mass is 10.1. The largest absolute Gasteiger partial charge is 0.325 e. The molecule has 4 rings (SSSR count). The van der Waals surface area contributed by atoms with E-state index in [1.807, 2.05) is 48.1 Å². The molecule has 1 aromatic heterocycles. The van der Waals surface area contributed by atoms with Crippen LogP contribution < -0.4 is 5.32 Å². The van der Waals surface area contributed by atoms with E-state index in [2.05, 4.69) is 51.5 Å². The molecule has 1 amide bonds. The number of nitrogens with zero attached hydrogens (tertiary/aromatic N) is 4. The summed E-state index contributed by atoms with van der Waals surface area (Å²) in [6.45, 7) is 9.13. The maximum Gasteiger partial charge on any atom is 0.238 e. The summed E-state index contributed by atoms with van der Waals surface area (Å²) in [6.07, 6.45) is 4.04. The van der Waals surface area contributed by atoms with E-state index < -0.39 is 0 Å². The van der Waals surface area contributed by atoms with Crippen molar-refractivity contribution in [2.24, 2.45) is 0 Å². The van der Waals surface area contributed by atoms with Gasteiger partial charge in [-0.2, -0.15) is 5.10 Å². The number of aromatic nitrogens is 2. The van der Waals surface area contributed by atoms with E-state index in [0.717, 1.165) is 49.7 Å². The molecule has 1 aliphatic rings. The van der Waals surface area contributed by atoms with Gasteiger partial charge in [-0.05, 0) is 43.2 Å². The van der Waals surface area contributed by atoms with Crippen molar-refractivity contribution in [2.45, 2.75) is 20.4 Å². The number of rotatable bonds is 6. The van der Waals surface area contributed by atoms with Crippen molar-refractivity contribution in [3.63, 3.8) is 0 Å². The first-order valence-electron chi connectivity index (χ1n) is 10.5. The first-order chi connectivity index (χ1) is 14.6. The quantitative estimate of drug-likeness (QED) is 0.687. The first kappa shape index (κ1) is 20.3. The summed E-state index contributed by atoms with van der Waals surface area (Å²) in [5.41, 5.74) is 5.51. The monoisotopic (exact) mass is 403 g/mol. The number of para-hydroxylation sites is 1. The summed E-state index contributed by atoms with van der Waals surface area (Å²) in [7, 11) is 0. The summed E-state index contributed by atoms with van der Waals surface area (Å²) < 4.78 is 1.92. The van der Waals surface area contributed by atoms with Gasteiger partial charge in [-0.3, -0.25) is 14.6 Å². The SMILES string of the molecule is Cc1cccc(NC(=O)CN2CCN(Cc3cnn(-c4ccccc4)c3)CC2)c1C. The van der Waals surface area contributed by atoms with Gasteiger partial charge in [0.15, 0.2) is 0 Å². The lowest BCUT2D eigenvalue weighted by molar-refractivity contribution is -0.117. The summed E-state index contributed by atoms with van der Waals surface area (Å²) in [5, 5.41) is 7.55. The van der Waals surface area contributed by atoms with E-state index in [0.29, 0.717) is 6.54 Å². The minimum Gasteiger partial charge on any atom is -0.325 e. The molecule has 0 bridgehead atoms. The number of carbonyl (C=O) groups is 1. The Morgan fingerprint density at radius 1 is 0.967 bits per heavy atom. The van der Waals surface area contributed by atoms with E-state index in [-0.39, 0.29) is 5.91 Å². The normalized spacial score (nSPS) is 15.3. The van der Waals surface area contributed by atoms with Crippen LogP contribution in [0.15, 0.2) is 60.9 Å². The van der Waals surface area contributed by atoms with E-state index >= 15 is 0 Å². The molecule has 2 heterocycles. The zero-order valence-corrected chi connectivity index (χ0v) is 17.7. The van der Waals surface area contributed by atoms with Crippen molar-refractivity contribution < 1.29 is 4.79 Å². The van der Waals surface area contributed by atoms with Crippen LogP contribution in [0.3, 0.4) is 0 Å². The van der Waals surface area contributed by atoms with Gasteiger partial charge in [-0.15, -0.1) is 0 Å². The van der Waals surface area contributed by atoms with Gasteiger partial charge in [0, 0.05) is 50.2 Å². The van der Waals surface area contributed by atoms with Gasteiger partial charge in [-0.25, -0.2) is 4.68 Å². The Morgan fingerprint density at radius 3 is 2.47 bits per heavy atom. The van der Waals surface area contributed by atoms with Gasteiger partial charge >= 0.3 is 0 Å². The smallest absolute Gasteiger partial charge is 0.238 e. The number of hydrogen-bond acceptors (Lipinski definition) is 4. The maximum absolute atomic E-state index is 12.5. The van der Waals surface area contributed by atoms with Gasteiger partial charge in [0.05, 0.1) is 18.4 Å². The predicted molar refractivity (Wildman–Crippen MR) is 120 cm³/mol. The molecule has 6 heteroatoms. The maximum atomic E-state index is 12.5. The van der Waals surface area contributed by atoms with Crippen LogP contribution in [0.25, 0.3) is 5.69 Å². The zero-order valence-electron chi connectivity index (χ0n) is 17.7. The number of benzene rings is 2. The first-order valence-corrected chi connectivity index (χ1v) is 10.5. The molecule has 1 N–H and O–H groups in total. The molecule has 0 radical (unpaired) electrons. The number of anilines is 1. The highest BCUT2D eigenvalue weighted by atomic mass is 16.2. The van der Waals surface area contributed by atoms with Crippen molar-refractivity contribution >= 4 is 11.6 Å². The molecule has 0 unspecified atom stereocenters. The molecule has 0 spiro atoms. The molecule has 0 saturated carbocycles. The van der Waals surface area contributed by atoms with Crippen LogP contribution in [-0.4, -0.2) is 58.2 Å². The molecule has 30 heavy (non-hydrogen) atoms. The van der Waals surface area contributed by atoms with Gasteiger partial charge < -0.3 is 5.32 Å². The molecule has 1 fully saturated rings. The third-order valence-electron chi connectivity index (χ3n) is 5.77. The molecule has 3 aromatic rings. The van der Waals surface area contributed by atoms with Gasteiger partial charge in [0.25, 0.3) is 0 Å². The Kier molecular flexibility index (Phi) is 6.26. The van der Waals surface area contributed by atoms with Crippen LogP contribution in [0, 0.1) is 13.8 Å². The number of hydrogen-bond donors (Lipinski definition) is 1. The number of nitrogens with one attached hydrogen (secondary N) is 1. The Morgan fingerprint density at radius 2 is 1.70 bits per heavy atom. The highest BCUT2D eigenvalue weighted by Crippen LogP contribution is 2.18. The second-order valence-electron chi connectivity index (χ2n) is 7.98. The number of amides is 1. The number of aryl methyl sites for hydroxylation is 1. The molecular weight excluding hydrogens is 374 g/mol. The van der Waals surface area contributed by atoms with E-state index in [1.54, 1.807) is 0 Å². The second-order valence-corrected chi connectivity index (χ2v) is 7.98. The topological polar surface area (TPSA) is 53.4 Å². The second kappa shape index (κ2) is 9.24.